The van der Waals surface area contributed by atoms with E-state index in [-0.39, 0.29) is 0 Å². The second-order valence-corrected chi connectivity index (χ2v) is 7.28. The van der Waals surface area contributed by atoms with Crippen molar-refractivity contribution < 1.29 is 15.0 Å². The second-order valence-electron chi connectivity index (χ2n) is 7.28. The average Bonchev–Trinajstić information content (AvgIpc) is 2.86. The zero-order chi connectivity index (χ0) is 23.5. The van der Waals surface area contributed by atoms with Crippen LogP contribution < -0.4 is 0 Å². The Bertz CT molecular complexity index is 1120. The Morgan fingerprint density at radius 3 is 1.24 bits per heavy atom. The van der Waals surface area contributed by atoms with E-state index < -0.39 is 6.16 Å². The van der Waals surface area contributed by atoms with Crippen LogP contribution in [-0.4, -0.2) is 16.4 Å². The summed E-state index contributed by atoms with van der Waals surface area (Å²) in [5.74, 6) is 0. The molecule has 4 aromatic rings. The van der Waals surface area contributed by atoms with E-state index in [1.54, 1.807) is 0 Å². The molecule has 33 heavy (non-hydrogen) atoms. The number of hydrogen-bond donors (Lipinski definition) is 2. The lowest BCUT2D eigenvalue weighted by molar-refractivity contribution is 0.137. The minimum Gasteiger partial charge on any atom is -0.450 e. The highest BCUT2D eigenvalue weighted by molar-refractivity contribution is 5.83. The molecule has 3 nitrogen and oxygen atoms in total. The Hall–Kier alpha value is -4.37. The van der Waals surface area contributed by atoms with Gasteiger partial charge in [-0.1, -0.05) is 127 Å². The zero-order valence-corrected chi connectivity index (χ0v) is 18.4. The summed E-state index contributed by atoms with van der Waals surface area (Å²) in [4.78, 5) is 8.56. The standard InChI is InChI=1S/C29H24.CH2O3/c1-2-3-14-29(27-19-15-25(16-20-27)23-10-6-4-7-11-23)28-21-17-26(18-22-28)24-12-8-5-9-13-24;2-1(3)4/h2-22H,1H3;(H2,2,3,4)/b3-2+;. The minimum atomic E-state index is -1.83. The quantitative estimate of drug-likeness (QED) is 0.311. The van der Waals surface area contributed by atoms with E-state index in [4.69, 9.17) is 15.0 Å². The highest BCUT2D eigenvalue weighted by atomic mass is 16.6. The molecule has 164 valence electrons. The van der Waals surface area contributed by atoms with E-state index in [1.807, 2.05) is 6.92 Å². The van der Waals surface area contributed by atoms with Gasteiger partial charge in [0.2, 0.25) is 0 Å². The smallest absolute Gasteiger partial charge is 0.450 e. The van der Waals surface area contributed by atoms with Crippen LogP contribution in [0.5, 0.6) is 0 Å². The molecule has 3 heteroatoms. The molecule has 0 heterocycles. The van der Waals surface area contributed by atoms with Gasteiger partial charge in [0, 0.05) is 0 Å². The maximum atomic E-state index is 8.56. The number of hydrogen-bond acceptors (Lipinski definition) is 1. The van der Waals surface area contributed by atoms with E-state index in [0.717, 1.165) is 0 Å². The molecule has 0 saturated heterocycles. The molecule has 0 bridgehead atoms. The second kappa shape index (κ2) is 11.9. The third-order valence-electron chi connectivity index (χ3n) is 5.06. The fourth-order valence-electron chi connectivity index (χ4n) is 3.50. The van der Waals surface area contributed by atoms with Gasteiger partial charge in [0.15, 0.2) is 0 Å². The first-order valence-corrected chi connectivity index (χ1v) is 10.6. The summed E-state index contributed by atoms with van der Waals surface area (Å²) in [7, 11) is 0. The Balaban J connectivity index is 0.000000709. The fourth-order valence-corrected chi connectivity index (χ4v) is 3.50. The highest BCUT2D eigenvalue weighted by Crippen LogP contribution is 2.29. The van der Waals surface area contributed by atoms with Crippen LogP contribution in [0.3, 0.4) is 0 Å². The van der Waals surface area contributed by atoms with E-state index in [1.165, 1.54) is 39.0 Å². The van der Waals surface area contributed by atoms with Gasteiger partial charge in [-0.2, -0.15) is 0 Å². The summed E-state index contributed by atoms with van der Waals surface area (Å²) >= 11 is 0. The van der Waals surface area contributed by atoms with E-state index in [0.29, 0.717) is 0 Å². The molecule has 0 atom stereocenters. The number of carbonyl (C=O) groups is 1. The molecule has 0 spiro atoms. The first-order chi connectivity index (χ1) is 16.1. The van der Waals surface area contributed by atoms with Crippen molar-refractivity contribution in [2.24, 2.45) is 0 Å². The van der Waals surface area contributed by atoms with Crippen LogP contribution in [0.25, 0.3) is 27.8 Å². The molecule has 0 radical (unpaired) electrons. The number of rotatable bonds is 5. The van der Waals surface area contributed by atoms with Gasteiger partial charge in [0.25, 0.3) is 0 Å². The lowest BCUT2D eigenvalue weighted by Gasteiger charge is -2.11. The maximum absolute atomic E-state index is 8.56. The predicted octanol–water partition coefficient (Wildman–Crippen LogP) is 8.25. The van der Waals surface area contributed by atoms with E-state index >= 15 is 0 Å². The first kappa shape index (κ1) is 23.3. The van der Waals surface area contributed by atoms with Crippen molar-refractivity contribution in [2.45, 2.75) is 6.92 Å². The summed E-state index contributed by atoms with van der Waals surface area (Å²) in [6, 6.07) is 38.6. The van der Waals surface area contributed by atoms with Crippen LogP contribution in [0.1, 0.15) is 18.1 Å². The van der Waals surface area contributed by atoms with Crippen molar-refractivity contribution in [2.75, 3.05) is 0 Å². The third-order valence-corrected chi connectivity index (χ3v) is 5.06. The van der Waals surface area contributed by atoms with Gasteiger partial charge in [-0.3, -0.25) is 0 Å². The van der Waals surface area contributed by atoms with E-state index in [2.05, 4.69) is 127 Å². The van der Waals surface area contributed by atoms with Crippen LogP contribution in [0, 0.1) is 0 Å². The van der Waals surface area contributed by atoms with Gasteiger partial charge < -0.3 is 10.2 Å². The molecule has 0 unspecified atom stereocenters. The molecule has 4 aromatic carbocycles. The van der Waals surface area contributed by atoms with Gasteiger partial charge >= 0.3 is 6.16 Å². The summed E-state index contributed by atoms with van der Waals surface area (Å²) in [5, 5.41) is 13.9. The lowest BCUT2D eigenvalue weighted by atomic mass is 9.94. The Morgan fingerprint density at radius 2 is 0.909 bits per heavy atom. The van der Waals surface area contributed by atoms with E-state index in [9.17, 15) is 0 Å². The number of benzene rings is 4. The van der Waals surface area contributed by atoms with Gasteiger partial charge in [-0.05, 0) is 45.9 Å². The highest BCUT2D eigenvalue weighted by Gasteiger charge is 2.06. The van der Waals surface area contributed by atoms with Crippen molar-refractivity contribution in [3.8, 4) is 22.3 Å². The van der Waals surface area contributed by atoms with Crippen molar-refractivity contribution in [3.63, 3.8) is 0 Å². The van der Waals surface area contributed by atoms with Crippen LogP contribution in [0.4, 0.5) is 4.79 Å². The minimum absolute atomic E-state index is 1.22. The Labute approximate surface area is 194 Å². The zero-order valence-electron chi connectivity index (χ0n) is 18.4. The van der Waals surface area contributed by atoms with Gasteiger partial charge in [0.1, 0.15) is 0 Å². The molecule has 0 aromatic heterocycles. The molecule has 0 aliphatic carbocycles. The maximum Gasteiger partial charge on any atom is 0.503 e. The molecule has 2 N–H and O–H groups in total. The fraction of sp³-hybridized carbons (Fsp3) is 0.0333. The molecule has 4 rings (SSSR count). The van der Waals surface area contributed by atoms with Crippen molar-refractivity contribution >= 4 is 11.7 Å². The summed E-state index contributed by atoms with van der Waals surface area (Å²) < 4.78 is 0. The molecule has 0 saturated carbocycles. The summed E-state index contributed by atoms with van der Waals surface area (Å²) in [6.45, 7) is 2.05. The molecular formula is C30H26O3. The van der Waals surface area contributed by atoms with Gasteiger partial charge in [0.05, 0.1) is 0 Å². The third kappa shape index (κ3) is 6.81. The Kier molecular flexibility index (Phi) is 8.38. The molecule has 0 aliphatic rings. The van der Waals surface area contributed by atoms with Crippen LogP contribution in [-0.2, 0) is 0 Å². The van der Waals surface area contributed by atoms with Gasteiger partial charge in [-0.25, -0.2) is 4.79 Å². The monoisotopic (exact) mass is 434 g/mol. The largest absolute Gasteiger partial charge is 0.503 e. The average molecular weight is 435 g/mol. The van der Waals surface area contributed by atoms with Crippen molar-refractivity contribution in [1.82, 2.24) is 0 Å². The van der Waals surface area contributed by atoms with Crippen LogP contribution >= 0.6 is 0 Å². The lowest BCUT2D eigenvalue weighted by Crippen LogP contribution is -1.89. The molecule has 0 amide bonds. The summed E-state index contributed by atoms with van der Waals surface area (Å²) in [5.41, 5.74) is 8.61. The van der Waals surface area contributed by atoms with Crippen molar-refractivity contribution in [1.29, 1.82) is 0 Å². The number of carboxylic acid groups (broad SMARTS) is 2. The molecule has 0 fully saturated rings. The SMILES string of the molecule is C/C=C/C=C(c1ccc(-c2ccccc2)cc1)c1ccc(-c2ccccc2)cc1.O=C(O)O. The molecular weight excluding hydrogens is 408 g/mol. The topological polar surface area (TPSA) is 57.5 Å². The first-order valence-electron chi connectivity index (χ1n) is 10.6. The van der Waals surface area contributed by atoms with Gasteiger partial charge in [-0.15, -0.1) is 0 Å². The predicted molar refractivity (Wildman–Crippen MR) is 136 cm³/mol. The number of allylic oxidation sites excluding steroid dienone is 3. The Morgan fingerprint density at radius 1 is 0.576 bits per heavy atom. The molecule has 0 aliphatic heterocycles. The summed E-state index contributed by atoms with van der Waals surface area (Å²) in [6.07, 6.45) is 4.53. The van der Waals surface area contributed by atoms with Crippen LogP contribution in [0.2, 0.25) is 0 Å². The van der Waals surface area contributed by atoms with Crippen LogP contribution in [0.15, 0.2) is 127 Å². The normalized spacial score (nSPS) is 10.2. The van der Waals surface area contributed by atoms with Crippen molar-refractivity contribution in [3.05, 3.63) is 139 Å².